The number of aromatic nitrogens is 1. The van der Waals surface area contributed by atoms with Crippen molar-refractivity contribution in [1.29, 1.82) is 0 Å². The van der Waals surface area contributed by atoms with Crippen molar-refractivity contribution < 1.29 is 9.53 Å². The van der Waals surface area contributed by atoms with Gasteiger partial charge >= 0.3 is 0 Å². The summed E-state index contributed by atoms with van der Waals surface area (Å²) in [6.45, 7) is 6.18. The Hall–Kier alpha value is -1.47. The number of nitrogens with zero attached hydrogens (tertiary/aromatic N) is 1. The number of morpholine rings is 1. The van der Waals surface area contributed by atoms with E-state index in [9.17, 15) is 4.79 Å². The third-order valence-electron chi connectivity index (χ3n) is 3.80. The number of anilines is 1. The zero-order chi connectivity index (χ0) is 16.2. The molecule has 1 amide bonds. The Balaban J connectivity index is 0.00000208. The van der Waals surface area contributed by atoms with E-state index in [1.54, 1.807) is 0 Å². The Morgan fingerprint density at radius 2 is 2.12 bits per heavy atom. The van der Waals surface area contributed by atoms with Crippen molar-refractivity contribution in [2.24, 2.45) is 0 Å². The highest BCUT2D eigenvalue weighted by Crippen LogP contribution is 2.30. The van der Waals surface area contributed by atoms with Crippen molar-refractivity contribution in [2.75, 3.05) is 25.1 Å². The molecule has 5 nitrogen and oxygen atoms in total. The first-order valence-corrected chi connectivity index (χ1v) is 8.59. The van der Waals surface area contributed by atoms with Gasteiger partial charge in [0.15, 0.2) is 5.13 Å². The van der Waals surface area contributed by atoms with Crippen LogP contribution in [0, 0.1) is 13.8 Å². The van der Waals surface area contributed by atoms with Gasteiger partial charge in [-0.3, -0.25) is 4.79 Å². The highest BCUT2D eigenvalue weighted by atomic mass is 35.5. The molecule has 2 aromatic rings. The monoisotopic (exact) mass is 367 g/mol. The van der Waals surface area contributed by atoms with Crippen molar-refractivity contribution in [3.63, 3.8) is 0 Å². The lowest BCUT2D eigenvalue weighted by atomic mass is 10.1. The fourth-order valence-electron chi connectivity index (χ4n) is 2.57. The minimum absolute atomic E-state index is 0. The zero-order valence-electron chi connectivity index (χ0n) is 13.8. The number of rotatable bonds is 4. The SMILES string of the molecule is Cc1ccc(-c2nc(NC(=O)CC3COCCN3)sc2C)cc1.Cl. The summed E-state index contributed by atoms with van der Waals surface area (Å²) in [7, 11) is 0. The Labute approximate surface area is 152 Å². The molecule has 3 rings (SSSR count). The van der Waals surface area contributed by atoms with E-state index in [4.69, 9.17) is 4.74 Å². The Morgan fingerprint density at radius 3 is 2.79 bits per heavy atom. The summed E-state index contributed by atoms with van der Waals surface area (Å²) in [5.74, 6) is -0.0304. The normalized spacial score (nSPS) is 17.2. The number of benzene rings is 1. The largest absolute Gasteiger partial charge is 0.378 e. The maximum Gasteiger partial charge on any atom is 0.227 e. The number of amides is 1. The van der Waals surface area contributed by atoms with Crippen molar-refractivity contribution in [2.45, 2.75) is 26.3 Å². The Bertz CT molecular complexity index is 682. The molecule has 1 aliphatic heterocycles. The van der Waals surface area contributed by atoms with Gasteiger partial charge in [-0.2, -0.15) is 0 Å². The molecule has 1 atom stereocenters. The predicted octanol–water partition coefficient (Wildman–Crippen LogP) is 3.17. The van der Waals surface area contributed by atoms with Crippen LogP contribution >= 0.6 is 23.7 Å². The molecule has 0 spiro atoms. The molecular weight excluding hydrogens is 346 g/mol. The van der Waals surface area contributed by atoms with Crippen LogP contribution in [0.1, 0.15) is 16.9 Å². The molecule has 1 saturated heterocycles. The maximum atomic E-state index is 12.1. The number of nitrogens with one attached hydrogen (secondary N) is 2. The lowest BCUT2D eigenvalue weighted by Gasteiger charge is -2.22. The Kier molecular flexibility index (Phi) is 6.74. The number of thiazole rings is 1. The highest BCUT2D eigenvalue weighted by Gasteiger charge is 2.18. The number of carbonyl (C=O) groups excluding carboxylic acids is 1. The third kappa shape index (κ3) is 4.77. The van der Waals surface area contributed by atoms with E-state index in [-0.39, 0.29) is 24.4 Å². The van der Waals surface area contributed by atoms with Gasteiger partial charge in [-0.25, -0.2) is 4.98 Å². The lowest BCUT2D eigenvalue weighted by Crippen LogP contribution is -2.43. The number of aryl methyl sites for hydroxylation is 2. The van der Waals surface area contributed by atoms with Gasteiger partial charge < -0.3 is 15.4 Å². The summed E-state index contributed by atoms with van der Waals surface area (Å²) in [4.78, 5) is 17.8. The standard InChI is InChI=1S/C17H21N3O2S.ClH/c1-11-3-5-13(6-4-11)16-12(2)23-17(20-16)19-15(21)9-14-10-22-8-7-18-14;/h3-6,14,18H,7-10H2,1-2H3,(H,19,20,21);1H. The third-order valence-corrected chi connectivity index (χ3v) is 4.68. The average Bonchev–Trinajstić information content (AvgIpc) is 2.89. The molecule has 2 N–H and O–H groups in total. The van der Waals surface area contributed by atoms with E-state index in [0.29, 0.717) is 24.8 Å². The van der Waals surface area contributed by atoms with Crippen LogP contribution in [-0.4, -0.2) is 36.7 Å². The predicted molar refractivity (Wildman–Crippen MR) is 100 cm³/mol. The van der Waals surface area contributed by atoms with Gasteiger partial charge in [0.2, 0.25) is 5.91 Å². The summed E-state index contributed by atoms with van der Waals surface area (Å²) in [6, 6.07) is 8.35. The van der Waals surface area contributed by atoms with Crippen LogP contribution in [0.4, 0.5) is 5.13 Å². The van der Waals surface area contributed by atoms with E-state index in [1.807, 2.05) is 6.92 Å². The molecule has 2 heterocycles. The van der Waals surface area contributed by atoms with E-state index < -0.39 is 0 Å². The molecule has 1 fully saturated rings. The van der Waals surface area contributed by atoms with Gasteiger partial charge in [0.25, 0.3) is 0 Å². The van der Waals surface area contributed by atoms with Crippen LogP contribution in [0.3, 0.4) is 0 Å². The van der Waals surface area contributed by atoms with Crippen LogP contribution in [0.5, 0.6) is 0 Å². The molecule has 1 aliphatic rings. The first-order chi connectivity index (χ1) is 11.1. The summed E-state index contributed by atoms with van der Waals surface area (Å²) >= 11 is 1.51. The smallest absolute Gasteiger partial charge is 0.227 e. The second-order valence-electron chi connectivity index (χ2n) is 5.77. The van der Waals surface area contributed by atoms with Crippen LogP contribution in [0.25, 0.3) is 11.3 Å². The van der Waals surface area contributed by atoms with Gasteiger partial charge in [-0.1, -0.05) is 29.8 Å². The van der Waals surface area contributed by atoms with Gasteiger partial charge in [0.05, 0.1) is 18.9 Å². The van der Waals surface area contributed by atoms with E-state index >= 15 is 0 Å². The highest BCUT2D eigenvalue weighted by molar-refractivity contribution is 7.16. The van der Waals surface area contributed by atoms with Crippen LogP contribution in [0.15, 0.2) is 24.3 Å². The molecule has 1 aromatic heterocycles. The quantitative estimate of drug-likeness (QED) is 0.871. The van der Waals surface area contributed by atoms with E-state index in [0.717, 1.165) is 22.7 Å². The zero-order valence-corrected chi connectivity index (χ0v) is 15.4. The molecule has 0 saturated carbocycles. The summed E-state index contributed by atoms with van der Waals surface area (Å²) in [5.41, 5.74) is 3.23. The van der Waals surface area contributed by atoms with Crippen molar-refractivity contribution >= 4 is 34.8 Å². The average molecular weight is 368 g/mol. The molecule has 24 heavy (non-hydrogen) atoms. The van der Waals surface area contributed by atoms with Crippen molar-refractivity contribution in [1.82, 2.24) is 10.3 Å². The van der Waals surface area contributed by atoms with Gasteiger partial charge in [-0.15, -0.1) is 23.7 Å². The fraction of sp³-hybridized carbons (Fsp3) is 0.412. The van der Waals surface area contributed by atoms with Gasteiger partial charge in [-0.05, 0) is 13.8 Å². The number of ether oxygens (including phenoxy) is 1. The fourth-order valence-corrected chi connectivity index (χ4v) is 3.43. The molecule has 1 aromatic carbocycles. The molecule has 1 unspecified atom stereocenters. The minimum atomic E-state index is -0.0304. The molecule has 0 radical (unpaired) electrons. The van der Waals surface area contributed by atoms with Gasteiger partial charge in [0, 0.05) is 29.4 Å². The summed E-state index contributed by atoms with van der Waals surface area (Å²) in [6.07, 6.45) is 0.401. The van der Waals surface area contributed by atoms with E-state index in [2.05, 4.69) is 46.8 Å². The first-order valence-electron chi connectivity index (χ1n) is 7.77. The summed E-state index contributed by atoms with van der Waals surface area (Å²) in [5, 5.41) is 6.84. The van der Waals surface area contributed by atoms with Crippen molar-refractivity contribution in [3.05, 3.63) is 34.7 Å². The topological polar surface area (TPSA) is 63.2 Å². The van der Waals surface area contributed by atoms with Crippen LogP contribution < -0.4 is 10.6 Å². The lowest BCUT2D eigenvalue weighted by molar-refractivity contribution is -0.117. The second kappa shape index (κ2) is 8.58. The maximum absolute atomic E-state index is 12.1. The number of hydrogen-bond acceptors (Lipinski definition) is 5. The second-order valence-corrected chi connectivity index (χ2v) is 6.97. The van der Waals surface area contributed by atoms with E-state index in [1.165, 1.54) is 16.9 Å². The summed E-state index contributed by atoms with van der Waals surface area (Å²) < 4.78 is 5.37. The molecule has 7 heteroatoms. The molecule has 0 bridgehead atoms. The molecular formula is C17H22ClN3O2S. The first kappa shape index (κ1) is 18.9. The molecule has 0 aliphatic carbocycles. The van der Waals surface area contributed by atoms with Crippen molar-refractivity contribution in [3.8, 4) is 11.3 Å². The number of halogens is 1. The van der Waals surface area contributed by atoms with Crippen LogP contribution in [-0.2, 0) is 9.53 Å². The van der Waals surface area contributed by atoms with Gasteiger partial charge in [0.1, 0.15) is 0 Å². The number of carbonyl (C=O) groups is 1. The Morgan fingerprint density at radius 1 is 1.38 bits per heavy atom. The minimum Gasteiger partial charge on any atom is -0.378 e. The molecule has 130 valence electrons. The van der Waals surface area contributed by atoms with Crippen LogP contribution in [0.2, 0.25) is 0 Å². The number of hydrogen-bond donors (Lipinski definition) is 2.